The Bertz CT molecular complexity index is 347. The molecule has 1 heterocycles. The van der Waals surface area contributed by atoms with E-state index >= 15 is 0 Å². The van der Waals surface area contributed by atoms with Crippen molar-refractivity contribution in [3.63, 3.8) is 0 Å². The molecular formula is C13H21NO4. The molecule has 2 fully saturated rings. The molecule has 2 aliphatic rings. The molecule has 0 aromatic rings. The van der Waals surface area contributed by atoms with Crippen LogP contribution >= 0.6 is 0 Å². The van der Waals surface area contributed by atoms with E-state index in [2.05, 4.69) is 5.32 Å². The van der Waals surface area contributed by atoms with E-state index in [1.807, 2.05) is 13.8 Å². The van der Waals surface area contributed by atoms with Crippen LogP contribution in [0.5, 0.6) is 0 Å². The lowest BCUT2D eigenvalue weighted by molar-refractivity contribution is -0.140. The van der Waals surface area contributed by atoms with Crippen LogP contribution in [0.2, 0.25) is 0 Å². The Balaban J connectivity index is 1.80. The summed E-state index contributed by atoms with van der Waals surface area (Å²) in [6, 6.07) is 0. The SMILES string of the molecule is CC1(C)C(C(=O)O)C1C(=O)NCC1CCCCO1. The summed E-state index contributed by atoms with van der Waals surface area (Å²) in [6.45, 7) is 4.91. The molecule has 1 saturated carbocycles. The number of nitrogens with one attached hydrogen (secondary N) is 1. The fourth-order valence-corrected chi connectivity index (χ4v) is 2.88. The zero-order valence-corrected chi connectivity index (χ0v) is 10.9. The number of carboxylic acid groups (broad SMARTS) is 1. The van der Waals surface area contributed by atoms with Gasteiger partial charge in [-0.15, -0.1) is 0 Å². The monoisotopic (exact) mass is 255 g/mol. The van der Waals surface area contributed by atoms with Gasteiger partial charge < -0.3 is 15.2 Å². The molecule has 0 radical (unpaired) electrons. The molecule has 2 rings (SSSR count). The third kappa shape index (κ3) is 2.51. The van der Waals surface area contributed by atoms with Crippen molar-refractivity contribution in [3.8, 4) is 0 Å². The number of amides is 1. The molecule has 102 valence electrons. The molecule has 5 nitrogen and oxygen atoms in total. The van der Waals surface area contributed by atoms with E-state index in [1.54, 1.807) is 0 Å². The number of carbonyl (C=O) groups excluding carboxylic acids is 1. The van der Waals surface area contributed by atoms with Gasteiger partial charge in [-0.25, -0.2) is 0 Å². The van der Waals surface area contributed by atoms with Gasteiger partial charge >= 0.3 is 5.97 Å². The maximum absolute atomic E-state index is 11.9. The Kier molecular flexibility index (Phi) is 3.61. The van der Waals surface area contributed by atoms with Gasteiger partial charge in [-0.2, -0.15) is 0 Å². The summed E-state index contributed by atoms with van der Waals surface area (Å²) in [5, 5.41) is 11.8. The van der Waals surface area contributed by atoms with Gasteiger partial charge in [-0.1, -0.05) is 13.8 Å². The van der Waals surface area contributed by atoms with Crippen molar-refractivity contribution in [2.75, 3.05) is 13.2 Å². The van der Waals surface area contributed by atoms with Crippen LogP contribution in [0.3, 0.4) is 0 Å². The van der Waals surface area contributed by atoms with Gasteiger partial charge in [0.2, 0.25) is 5.91 Å². The van der Waals surface area contributed by atoms with Crippen LogP contribution in [0.15, 0.2) is 0 Å². The normalized spacial score (nSPS) is 33.8. The first-order valence-electron chi connectivity index (χ1n) is 6.56. The molecule has 1 aliphatic heterocycles. The molecule has 1 aliphatic carbocycles. The molecule has 3 atom stereocenters. The lowest BCUT2D eigenvalue weighted by atomic mass is 10.1. The fraction of sp³-hybridized carbons (Fsp3) is 0.846. The van der Waals surface area contributed by atoms with Gasteiger partial charge in [0.15, 0.2) is 0 Å². The average Bonchev–Trinajstić information content (AvgIpc) is 2.91. The quantitative estimate of drug-likeness (QED) is 0.786. The highest BCUT2D eigenvalue weighted by atomic mass is 16.5. The summed E-state index contributed by atoms with van der Waals surface area (Å²) in [5.41, 5.74) is -0.427. The molecule has 0 aromatic heterocycles. The van der Waals surface area contributed by atoms with Crippen LogP contribution < -0.4 is 5.32 Å². The second-order valence-electron chi connectivity index (χ2n) is 5.85. The van der Waals surface area contributed by atoms with E-state index < -0.39 is 23.2 Å². The number of rotatable bonds is 4. The number of carboxylic acids is 1. The molecule has 0 spiro atoms. The summed E-state index contributed by atoms with van der Waals surface area (Å²) in [5.74, 6) is -1.99. The summed E-state index contributed by atoms with van der Waals surface area (Å²) in [6.07, 6.45) is 3.28. The molecule has 0 bridgehead atoms. The lowest BCUT2D eigenvalue weighted by Crippen LogP contribution is -2.37. The van der Waals surface area contributed by atoms with E-state index in [4.69, 9.17) is 9.84 Å². The fourth-order valence-electron chi connectivity index (χ4n) is 2.88. The Morgan fingerprint density at radius 2 is 2.06 bits per heavy atom. The van der Waals surface area contributed by atoms with E-state index in [0.29, 0.717) is 6.54 Å². The van der Waals surface area contributed by atoms with Gasteiger partial charge in [-0.05, 0) is 24.7 Å². The highest BCUT2D eigenvalue weighted by Crippen LogP contribution is 2.58. The van der Waals surface area contributed by atoms with Crippen LogP contribution in [0.4, 0.5) is 0 Å². The van der Waals surface area contributed by atoms with E-state index in [-0.39, 0.29) is 12.0 Å². The van der Waals surface area contributed by atoms with Crippen molar-refractivity contribution in [3.05, 3.63) is 0 Å². The highest BCUT2D eigenvalue weighted by Gasteiger charge is 2.65. The molecule has 18 heavy (non-hydrogen) atoms. The largest absolute Gasteiger partial charge is 0.481 e. The van der Waals surface area contributed by atoms with Crippen LogP contribution in [-0.4, -0.2) is 36.2 Å². The summed E-state index contributed by atoms with van der Waals surface area (Å²) in [4.78, 5) is 22.9. The van der Waals surface area contributed by atoms with Crippen molar-refractivity contribution in [1.29, 1.82) is 0 Å². The minimum Gasteiger partial charge on any atom is -0.481 e. The van der Waals surface area contributed by atoms with Crippen molar-refractivity contribution in [2.45, 2.75) is 39.2 Å². The first kappa shape index (κ1) is 13.3. The zero-order valence-electron chi connectivity index (χ0n) is 10.9. The van der Waals surface area contributed by atoms with E-state index in [9.17, 15) is 9.59 Å². The van der Waals surface area contributed by atoms with E-state index in [0.717, 1.165) is 25.9 Å². The van der Waals surface area contributed by atoms with Gasteiger partial charge in [0.1, 0.15) is 0 Å². The number of carbonyl (C=O) groups is 2. The van der Waals surface area contributed by atoms with Gasteiger partial charge in [0.05, 0.1) is 17.9 Å². The summed E-state index contributed by atoms with van der Waals surface area (Å²) < 4.78 is 5.52. The Morgan fingerprint density at radius 3 is 2.56 bits per heavy atom. The molecule has 1 saturated heterocycles. The predicted molar refractivity (Wildman–Crippen MR) is 65.0 cm³/mol. The summed E-state index contributed by atoms with van der Waals surface area (Å²) >= 11 is 0. The number of ether oxygens (including phenoxy) is 1. The topological polar surface area (TPSA) is 75.6 Å². The Labute approximate surface area is 107 Å². The molecule has 5 heteroatoms. The number of hydrogen-bond acceptors (Lipinski definition) is 3. The van der Waals surface area contributed by atoms with E-state index in [1.165, 1.54) is 0 Å². The second-order valence-corrected chi connectivity index (χ2v) is 5.85. The smallest absolute Gasteiger partial charge is 0.307 e. The zero-order chi connectivity index (χ0) is 13.3. The minimum absolute atomic E-state index is 0.0906. The first-order chi connectivity index (χ1) is 8.44. The minimum atomic E-state index is -0.880. The molecular weight excluding hydrogens is 234 g/mol. The maximum Gasteiger partial charge on any atom is 0.307 e. The molecule has 2 N–H and O–H groups in total. The van der Waals surface area contributed by atoms with Crippen molar-refractivity contribution < 1.29 is 19.4 Å². The Hall–Kier alpha value is -1.10. The summed E-state index contributed by atoms with van der Waals surface area (Å²) in [7, 11) is 0. The van der Waals surface area contributed by atoms with Crippen LogP contribution in [0.25, 0.3) is 0 Å². The molecule has 3 unspecified atom stereocenters. The van der Waals surface area contributed by atoms with Crippen molar-refractivity contribution in [1.82, 2.24) is 5.32 Å². The van der Waals surface area contributed by atoms with Crippen molar-refractivity contribution in [2.24, 2.45) is 17.3 Å². The highest BCUT2D eigenvalue weighted by molar-refractivity contribution is 5.91. The van der Waals surface area contributed by atoms with Gasteiger partial charge in [-0.3, -0.25) is 9.59 Å². The maximum atomic E-state index is 11.9. The second kappa shape index (κ2) is 4.88. The first-order valence-corrected chi connectivity index (χ1v) is 6.56. The van der Waals surface area contributed by atoms with Crippen LogP contribution in [-0.2, 0) is 14.3 Å². The third-order valence-electron chi connectivity index (χ3n) is 4.15. The lowest BCUT2D eigenvalue weighted by Gasteiger charge is -2.22. The average molecular weight is 255 g/mol. The number of aliphatic carboxylic acids is 1. The Morgan fingerprint density at radius 1 is 1.33 bits per heavy atom. The number of hydrogen-bond donors (Lipinski definition) is 2. The van der Waals surface area contributed by atoms with Crippen LogP contribution in [0.1, 0.15) is 33.1 Å². The standard InChI is InChI=1S/C13H21NO4/c1-13(2)9(10(13)12(16)17)11(15)14-7-8-5-3-4-6-18-8/h8-10H,3-7H2,1-2H3,(H,14,15)(H,16,17). The predicted octanol–water partition coefficient (Wildman–Crippen LogP) is 1.03. The van der Waals surface area contributed by atoms with Crippen molar-refractivity contribution >= 4 is 11.9 Å². The van der Waals surface area contributed by atoms with Crippen LogP contribution in [0, 0.1) is 17.3 Å². The third-order valence-corrected chi connectivity index (χ3v) is 4.15. The van der Waals surface area contributed by atoms with Gasteiger partial charge in [0.25, 0.3) is 0 Å². The molecule has 0 aromatic carbocycles. The molecule has 1 amide bonds. The van der Waals surface area contributed by atoms with Gasteiger partial charge in [0, 0.05) is 13.2 Å².